The van der Waals surface area contributed by atoms with E-state index >= 15 is 0 Å². The third-order valence-electron chi connectivity index (χ3n) is 8.06. The lowest BCUT2D eigenvalue weighted by atomic mass is 9.49. The third kappa shape index (κ3) is 5.76. The van der Waals surface area contributed by atoms with Crippen LogP contribution >= 0.6 is 0 Å². The predicted molar refractivity (Wildman–Crippen MR) is 139 cm³/mol. The van der Waals surface area contributed by atoms with Gasteiger partial charge in [-0.05, 0) is 98.1 Å². The molecule has 2 aromatic rings. The highest BCUT2D eigenvalue weighted by atomic mass is 16.4. The van der Waals surface area contributed by atoms with Crippen molar-refractivity contribution in [2.45, 2.75) is 45.1 Å². The molecule has 4 bridgehead atoms. The SMILES string of the molecule is CN(Cc1ccc(/C=C/C(=O)Nc2ccccc2NC(=O)O)cc1)CC12CC3CC(CC(C3)C1)C2. The van der Waals surface area contributed by atoms with Crippen molar-refractivity contribution in [3.8, 4) is 0 Å². The molecule has 0 aromatic heterocycles. The molecule has 0 aliphatic heterocycles. The first-order valence-electron chi connectivity index (χ1n) is 12.7. The summed E-state index contributed by atoms with van der Waals surface area (Å²) < 4.78 is 0. The molecule has 0 radical (unpaired) electrons. The van der Waals surface area contributed by atoms with Gasteiger partial charge in [0, 0.05) is 19.2 Å². The molecule has 4 fully saturated rings. The fraction of sp³-hybridized carbons (Fsp3) is 0.448. The highest BCUT2D eigenvalue weighted by molar-refractivity contribution is 6.04. The van der Waals surface area contributed by atoms with E-state index in [1.165, 1.54) is 56.7 Å². The lowest BCUT2D eigenvalue weighted by Gasteiger charge is -2.57. The van der Waals surface area contributed by atoms with Crippen LogP contribution in [0.15, 0.2) is 54.6 Å². The van der Waals surface area contributed by atoms with E-state index in [2.05, 4.69) is 34.7 Å². The van der Waals surface area contributed by atoms with Gasteiger partial charge in [0.25, 0.3) is 0 Å². The second kappa shape index (κ2) is 9.86. The highest BCUT2D eigenvalue weighted by Gasteiger charge is 2.50. The summed E-state index contributed by atoms with van der Waals surface area (Å²) in [6.07, 6.45) is 10.8. The Kier molecular flexibility index (Phi) is 6.65. The molecule has 0 saturated heterocycles. The summed E-state index contributed by atoms with van der Waals surface area (Å²) in [7, 11) is 2.26. The van der Waals surface area contributed by atoms with Crippen molar-refractivity contribution in [2.75, 3.05) is 24.2 Å². The first kappa shape index (κ1) is 23.6. The van der Waals surface area contributed by atoms with Gasteiger partial charge in [-0.2, -0.15) is 0 Å². The molecular weight excluding hydrogens is 438 g/mol. The summed E-state index contributed by atoms with van der Waals surface area (Å²) in [6, 6.07) is 15.1. The molecule has 6 rings (SSSR count). The van der Waals surface area contributed by atoms with E-state index in [0.29, 0.717) is 16.8 Å². The molecule has 4 aliphatic rings. The highest BCUT2D eigenvalue weighted by Crippen LogP contribution is 2.60. The zero-order valence-electron chi connectivity index (χ0n) is 20.4. The van der Waals surface area contributed by atoms with Crippen molar-refractivity contribution in [2.24, 2.45) is 23.2 Å². The Morgan fingerprint density at radius 3 is 2.09 bits per heavy atom. The van der Waals surface area contributed by atoms with Crippen molar-refractivity contribution in [3.05, 3.63) is 65.7 Å². The summed E-state index contributed by atoms with van der Waals surface area (Å²) in [6.45, 7) is 2.15. The van der Waals surface area contributed by atoms with Crippen LogP contribution < -0.4 is 10.6 Å². The van der Waals surface area contributed by atoms with E-state index in [0.717, 1.165) is 29.9 Å². The van der Waals surface area contributed by atoms with Crippen molar-refractivity contribution < 1.29 is 14.7 Å². The quantitative estimate of drug-likeness (QED) is 0.406. The number of nitrogens with one attached hydrogen (secondary N) is 2. The first-order valence-corrected chi connectivity index (χ1v) is 12.7. The van der Waals surface area contributed by atoms with Crippen LogP contribution in [-0.2, 0) is 11.3 Å². The van der Waals surface area contributed by atoms with Gasteiger partial charge in [0.1, 0.15) is 0 Å². The number of nitrogens with zero attached hydrogens (tertiary/aromatic N) is 1. The molecule has 6 nitrogen and oxygen atoms in total. The maximum atomic E-state index is 12.4. The van der Waals surface area contributed by atoms with Crippen LogP contribution in [0.25, 0.3) is 6.08 Å². The van der Waals surface area contributed by atoms with E-state index in [9.17, 15) is 9.59 Å². The summed E-state index contributed by atoms with van der Waals surface area (Å²) in [5, 5.41) is 14.0. The van der Waals surface area contributed by atoms with Crippen LogP contribution in [0.3, 0.4) is 0 Å². The number of carbonyl (C=O) groups excluding carboxylic acids is 1. The lowest BCUT2D eigenvalue weighted by Crippen LogP contribution is -2.50. The summed E-state index contributed by atoms with van der Waals surface area (Å²) >= 11 is 0. The van der Waals surface area contributed by atoms with Crippen molar-refractivity contribution >= 4 is 29.5 Å². The van der Waals surface area contributed by atoms with Crippen molar-refractivity contribution in [3.63, 3.8) is 0 Å². The van der Waals surface area contributed by atoms with Gasteiger partial charge in [-0.1, -0.05) is 36.4 Å². The van der Waals surface area contributed by atoms with Gasteiger partial charge in [-0.25, -0.2) is 4.79 Å². The van der Waals surface area contributed by atoms with Crippen LogP contribution in [0.5, 0.6) is 0 Å². The van der Waals surface area contributed by atoms with Gasteiger partial charge in [0.2, 0.25) is 5.91 Å². The van der Waals surface area contributed by atoms with Gasteiger partial charge in [-0.3, -0.25) is 10.1 Å². The largest absolute Gasteiger partial charge is 0.465 e. The second-order valence-corrected chi connectivity index (χ2v) is 11.1. The van der Waals surface area contributed by atoms with Crippen LogP contribution in [0.1, 0.15) is 49.7 Å². The standard InChI is InChI=1S/C29H35N3O3/c1-32(19-29-15-22-12-23(16-29)14-24(13-22)17-29)18-21-8-6-20(7-9-21)10-11-27(33)30-25-4-2-3-5-26(25)31-28(34)35/h2-11,22-24,31H,12-19H2,1H3,(H,30,33)(H,34,35)/b11-10+. The number of anilines is 2. The smallest absolute Gasteiger partial charge is 0.409 e. The number of carboxylic acid groups (broad SMARTS) is 1. The molecule has 2 aromatic carbocycles. The van der Waals surface area contributed by atoms with Crippen LogP contribution in [0.2, 0.25) is 0 Å². The maximum Gasteiger partial charge on any atom is 0.409 e. The predicted octanol–water partition coefficient (Wildman–Crippen LogP) is 6.08. The molecule has 0 unspecified atom stereocenters. The summed E-state index contributed by atoms with van der Waals surface area (Å²) in [4.78, 5) is 25.8. The van der Waals surface area contributed by atoms with E-state index < -0.39 is 6.09 Å². The van der Waals surface area contributed by atoms with Gasteiger partial charge in [0.15, 0.2) is 0 Å². The van der Waals surface area contributed by atoms with Crippen molar-refractivity contribution in [1.82, 2.24) is 4.90 Å². The van der Waals surface area contributed by atoms with Gasteiger partial charge in [-0.15, -0.1) is 0 Å². The molecule has 4 aliphatic carbocycles. The van der Waals surface area contributed by atoms with E-state index in [1.807, 2.05) is 12.1 Å². The van der Waals surface area contributed by atoms with E-state index in [1.54, 1.807) is 30.3 Å². The number of hydrogen-bond acceptors (Lipinski definition) is 3. The molecule has 35 heavy (non-hydrogen) atoms. The van der Waals surface area contributed by atoms with Crippen LogP contribution in [0.4, 0.5) is 16.2 Å². The van der Waals surface area contributed by atoms with Crippen LogP contribution in [0, 0.1) is 23.2 Å². The minimum atomic E-state index is -1.18. The number of rotatable bonds is 8. The molecule has 2 amide bonds. The molecule has 6 heteroatoms. The Bertz CT molecular complexity index is 1070. The van der Waals surface area contributed by atoms with E-state index in [-0.39, 0.29) is 5.91 Å². The second-order valence-electron chi connectivity index (χ2n) is 11.1. The fourth-order valence-electron chi connectivity index (χ4n) is 7.32. The monoisotopic (exact) mass is 473 g/mol. The lowest BCUT2D eigenvalue weighted by molar-refractivity contribution is -0.111. The van der Waals surface area contributed by atoms with Gasteiger partial charge < -0.3 is 15.3 Å². The average molecular weight is 474 g/mol. The third-order valence-corrected chi connectivity index (χ3v) is 8.06. The minimum Gasteiger partial charge on any atom is -0.465 e. The molecule has 3 N–H and O–H groups in total. The molecular formula is C29H35N3O3. The number of hydrogen-bond donors (Lipinski definition) is 3. The van der Waals surface area contributed by atoms with Gasteiger partial charge >= 0.3 is 6.09 Å². The Balaban J connectivity index is 1.14. The maximum absolute atomic E-state index is 12.4. The number of benzene rings is 2. The molecule has 0 heterocycles. The number of para-hydroxylation sites is 2. The summed E-state index contributed by atoms with van der Waals surface area (Å²) in [5.41, 5.74) is 3.54. The Hall–Kier alpha value is -3.12. The Morgan fingerprint density at radius 1 is 0.943 bits per heavy atom. The molecule has 0 spiro atoms. The number of amides is 2. The zero-order valence-corrected chi connectivity index (χ0v) is 20.4. The van der Waals surface area contributed by atoms with Crippen molar-refractivity contribution in [1.29, 1.82) is 0 Å². The molecule has 184 valence electrons. The average Bonchev–Trinajstić information content (AvgIpc) is 2.78. The normalized spacial score (nSPS) is 26.9. The van der Waals surface area contributed by atoms with Crippen LogP contribution in [-0.4, -0.2) is 35.6 Å². The molecule has 0 atom stereocenters. The summed E-state index contributed by atoms with van der Waals surface area (Å²) in [5.74, 6) is 2.64. The minimum absolute atomic E-state index is 0.316. The topological polar surface area (TPSA) is 81.7 Å². The van der Waals surface area contributed by atoms with Gasteiger partial charge in [0.05, 0.1) is 11.4 Å². The van der Waals surface area contributed by atoms with E-state index in [4.69, 9.17) is 5.11 Å². The zero-order chi connectivity index (χ0) is 24.4. The first-order chi connectivity index (χ1) is 16.9. The molecule has 4 saturated carbocycles. The Labute approximate surface area is 207 Å². The fourth-order valence-corrected chi connectivity index (χ4v) is 7.32. The number of carbonyl (C=O) groups is 2. The Morgan fingerprint density at radius 2 is 1.51 bits per heavy atom.